The topological polar surface area (TPSA) is 75.9 Å². The van der Waals surface area contributed by atoms with Gasteiger partial charge < -0.3 is 4.90 Å². The van der Waals surface area contributed by atoms with Crippen molar-refractivity contribution in [3.8, 4) is 16.4 Å². The zero-order valence-corrected chi connectivity index (χ0v) is 17.6. The number of carbonyl (C=O) groups excluding carboxylic acids is 1. The molecule has 1 aliphatic rings. The summed E-state index contributed by atoms with van der Waals surface area (Å²) in [6.07, 6.45) is 0.873. The Labute approximate surface area is 179 Å². The number of aromatic nitrogens is 4. The Bertz CT molecular complexity index is 1200. The zero-order chi connectivity index (χ0) is 20.7. The molecule has 1 aliphatic heterocycles. The molecule has 0 saturated heterocycles. The number of thiophene rings is 1. The van der Waals surface area contributed by atoms with Crippen LogP contribution < -0.4 is 5.32 Å². The molecule has 0 aliphatic carbocycles. The molecule has 10 heteroatoms. The minimum Gasteiger partial charge on any atom is -0.301 e. The number of hydrogen-bond acceptors (Lipinski definition) is 7. The number of amides is 1. The van der Waals surface area contributed by atoms with E-state index in [1.807, 2.05) is 17.5 Å². The molecule has 4 heterocycles. The third-order valence-electron chi connectivity index (χ3n) is 4.77. The van der Waals surface area contributed by atoms with E-state index in [4.69, 9.17) is 0 Å². The average Bonchev–Trinajstić information content (AvgIpc) is 3.47. The molecule has 1 amide bonds. The Morgan fingerprint density at radius 2 is 2.03 bits per heavy atom. The van der Waals surface area contributed by atoms with E-state index in [9.17, 15) is 9.18 Å². The van der Waals surface area contributed by atoms with Gasteiger partial charge in [-0.3, -0.25) is 10.1 Å². The van der Waals surface area contributed by atoms with Crippen molar-refractivity contribution < 1.29 is 9.18 Å². The Hall–Kier alpha value is -2.95. The number of carbonyl (C=O) groups is 1. The molecule has 4 aromatic rings. The molecule has 0 radical (unpaired) electrons. The van der Waals surface area contributed by atoms with Gasteiger partial charge in [0.15, 0.2) is 11.0 Å². The zero-order valence-electron chi connectivity index (χ0n) is 16.0. The summed E-state index contributed by atoms with van der Waals surface area (Å²) >= 11 is 2.97. The largest absolute Gasteiger partial charge is 0.301 e. The summed E-state index contributed by atoms with van der Waals surface area (Å²) in [6.45, 7) is 1.79. The van der Waals surface area contributed by atoms with E-state index in [1.165, 1.54) is 39.7 Å². The number of anilines is 1. The van der Waals surface area contributed by atoms with Gasteiger partial charge >= 0.3 is 0 Å². The lowest BCUT2D eigenvalue weighted by atomic mass is 10.2. The van der Waals surface area contributed by atoms with Crippen LogP contribution in [0.15, 0.2) is 41.8 Å². The van der Waals surface area contributed by atoms with E-state index in [-0.39, 0.29) is 11.6 Å². The quantitative estimate of drug-likeness (QED) is 0.522. The molecule has 152 valence electrons. The Morgan fingerprint density at radius 1 is 1.20 bits per heavy atom. The van der Waals surface area contributed by atoms with Gasteiger partial charge in [-0.2, -0.15) is 0 Å². The van der Waals surface area contributed by atoms with Crippen LogP contribution in [0.5, 0.6) is 0 Å². The monoisotopic (exact) mass is 440 g/mol. The maximum absolute atomic E-state index is 13.4. The van der Waals surface area contributed by atoms with Crippen molar-refractivity contribution in [1.29, 1.82) is 0 Å². The van der Waals surface area contributed by atoms with Crippen LogP contribution in [0.2, 0.25) is 0 Å². The van der Waals surface area contributed by atoms with Crippen LogP contribution in [0.4, 0.5) is 9.52 Å². The smallest absolute Gasteiger partial charge is 0.297 e. The average molecular weight is 441 g/mol. The molecule has 0 bridgehead atoms. The van der Waals surface area contributed by atoms with E-state index in [1.54, 1.807) is 16.8 Å². The highest BCUT2D eigenvalue weighted by molar-refractivity contribution is 7.16. The molecular formula is C20H17FN6OS2. The number of nitrogens with one attached hydrogen (secondary N) is 1. The second kappa shape index (κ2) is 7.71. The molecule has 0 unspecified atom stereocenters. The SMILES string of the molecule is CN1CCc2nc(NC(=O)c3nc(-c4cccs4)n(-c4ccc(F)cc4)n3)sc2C1. The lowest BCUT2D eigenvalue weighted by Crippen LogP contribution is -2.25. The van der Waals surface area contributed by atoms with E-state index in [0.29, 0.717) is 16.6 Å². The number of fused-ring (bicyclic) bond motifs is 1. The van der Waals surface area contributed by atoms with Gasteiger partial charge in [-0.25, -0.2) is 19.0 Å². The van der Waals surface area contributed by atoms with Crippen molar-refractivity contribution in [3.63, 3.8) is 0 Å². The fraction of sp³-hybridized carbons (Fsp3) is 0.200. The van der Waals surface area contributed by atoms with E-state index < -0.39 is 5.91 Å². The lowest BCUT2D eigenvalue weighted by molar-refractivity contribution is 0.101. The minimum absolute atomic E-state index is 0.0352. The number of rotatable bonds is 4. The molecule has 1 aromatic carbocycles. The number of benzene rings is 1. The van der Waals surface area contributed by atoms with Crippen LogP contribution in [0.3, 0.4) is 0 Å². The first-order valence-corrected chi connectivity index (χ1v) is 11.0. The highest BCUT2D eigenvalue weighted by atomic mass is 32.1. The van der Waals surface area contributed by atoms with Crippen molar-refractivity contribution in [2.45, 2.75) is 13.0 Å². The van der Waals surface area contributed by atoms with Crippen molar-refractivity contribution >= 4 is 33.7 Å². The van der Waals surface area contributed by atoms with Crippen LogP contribution in [0, 0.1) is 5.82 Å². The van der Waals surface area contributed by atoms with Gasteiger partial charge in [0.2, 0.25) is 5.82 Å². The van der Waals surface area contributed by atoms with Crippen LogP contribution in [-0.2, 0) is 13.0 Å². The molecule has 3 aromatic heterocycles. The second-order valence-corrected chi connectivity index (χ2v) is 8.99. The summed E-state index contributed by atoms with van der Waals surface area (Å²) in [7, 11) is 2.07. The number of nitrogens with zero attached hydrogens (tertiary/aromatic N) is 5. The van der Waals surface area contributed by atoms with Crippen LogP contribution in [0.25, 0.3) is 16.4 Å². The predicted molar refractivity (Wildman–Crippen MR) is 115 cm³/mol. The maximum atomic E-state index is 13.4. The molecule has 1 N–H and O–H groups in total. The fourth-order valence-electron chi connectivity index (χ4n) is 3.27. The first-order valence-electron chi connectivity index (χ1n) is 9.32. The van der Waals surface area contributed by atoms with Crippen molar-refractivity contribution in [1.82, 2.24) is 24.6 Å². The van der Waals surface area contributed by atoms with Gasteiger partial charge in [-0.1, -0.05) is 6.07 Å². The van der Waals surface area contributed by atoms with Gasteiger partial charge in [0.25, 0.3) is 5.91 Å². The highest BCUT2D eigenvalue weighted by Gasteiger charge is 2.23. The summed E-state index contributed by atoms with van der Waals surface area (Å²) in [4.78, 5) is 26.1. The summed E-state index contributed by atoms with van der Waals surface area (Å²) in [5.74, 6) is -0.198. The summed E-state index contributed by atoms with van der Waals surface area (Å²) < 4.78 is 14.9. The van der Waals surface area contributed by atoms with Gasteiger partial charge in [0, 0.05) is 24.4 Å². The lowest BCUT2D eigenvalue weighted by Gasteiger charge is -2.20. The molecule has 0 spiro atoms. The molecule has 5 rings (SSSR count). The molecule has 7 nitrogen and oxygen atoms in total. The standard InChI is InChI=1S/C20H17FN6OS2/c1-26-9-8-14-16(11-26)30-20(22-14)24-19(28)17-23-18(15-3-2-10-29-15)27(25-17)13-6-4-12(21)5-7-13/h2-7,10H,8-9,11H2,1H3,(H,22,24,28). The normalized spacial score (nSPS) is 13.9. The van der Waals surface area contributed by atoms with E-state index in [2.05, 4.69) is 32.3 Å². The van der Waals surface area contributed by atoms with E-state index in [0.717, 1.165) is 30.1 Å². The molecule has 0 atom stereocenters. The first kappa shape index (κ1) is 19.0. The Morgan fingerprint density at radius 3 is 2.80 bits per heavy atom. The summed E-state index contributed by atoms with van der Waals surface area (Å²) in [5.41, 5.74) is 1.66. The minimum atomic E-state index is -0.423. The van der Waals surface area contributed by atoms with Gasteiger partial charge in [0.05, 0.1) is 16.3 Å². The third kappa shape index (κ3) is 3.64. The summed E-state index contributed by atoms with van der Waals surface area (Å²) in [6, 6.07) is 9.72. The maximum Gasteiger partial charge on any atom is 0.297 e. The first-order chi connectivity index (χ1) is 14.6. The van der Waals surface area contributed by atoms with Crippen molar-refractivity contribution in [3.05, 3.63) is 64.0 Å². The van der Waals surface area contributed by atoms with Gasteiger partial charge in [-0.05, 0) is 42.8 Å². The van der Waals surface area contributed by atoms with Gasteiger partial charge in [-0.15, -0.1) is 27.8 Å². The number of halogens is 1. The van der Waals surface area contributed by atoms with Crippen LogP contribution in [0.1, 0.15) is 21.2 Å². The third-order valence-corrected chi connectivity index (χ3v) is 6.63. The van der Waals surface area contributed by atoms with Crippen LogP contribution >= 0.6 is 22.7 Å². The van der Waals surface area contributed by atoms with Crippen molar-refractivity contribution in [2.75, 3.05) is 18.9 Å². The molecule has 0 fully saturated rings. The number of hydrogen-bond donors (Lipinski definition) is 1. The molecule has 30 heavy (non-hydrogen) atoms. The summed E-state index contributed by atoms with van der Waals surface area (Å²) in [5, 5.41) is 9.71. The van der Waals surface area contributed by atoms with Gasteiger partial charge in [0.1, 0.15) is 5.82 Å². The number of likely N-dealkylation sites (N-methyl/N-ethyl adjacent to an activating group) is 1. The Balaban J connectivity index is 1.46. The Kier molecular flexibility index (Phi) is 4.89. The van der Waals surface area contributed by atoms with Crippen molar-refractivity contribution in [2.24, 2.45) is 0 Å². The highest BCUT2D eigenvalue weighted by Crippen LogP contribution is 2.29. The number of thiazole rings is 1. The molecular weight excluding hydrogens is 423 g/mol. The second-order valence-electron chi connectivity index (χ2n) is 6.96. The predicted octanol–water partition coefficient (Wildman–Crippen LogP) is 3.83. The molecule has 0 saturated carbocycles. The fourth-order valence-corrected chi connectivity index (χ4v) is 5.05. The van der Waals surface area contributed by atoms with Crippen LogP contribution in [-0.4, -0.2) is 44.1 Å². The van der Waals surface area contributed by atoms with E-state index >= 15 is 0 Å².